The molecule has 0 aliphatic heterocycles. The molecule has 0 heterocycles. The maximum absolute atomic E-state index is 12.5. The quantitative estimate of drug-likeness (QED) is 0.324. The highest BCUT2D eigenvalue weighted by Gasteiger charge is 2.52. The first kappa shape index (κ1) is 24.8. The lowest BCUT2D eigenvalue weighted by Gasteiger charge is -2.51. The van der Waals surface area contributed by atoms with Gasteiger partial charge in [-0.3, -0.25) is 0 Å². The summed E-state index contributed by atoms with van der Waals surface area (Å²) < 4.78 is 0. The summed E-state index contributed by atoms with van der Waals surface area (Å²) in [5.41, 5.74) is 9.51. The number of benzene rings is 5. The highest BCUT2D eigenvalue weighted by atomic mass is 16.4. The van der Waals surface area contributed by atoms with Gasteiger partial charge >= 0.3 is 0 Å². The van der Waals surface area contributed by atoms with Crippen molar-refractivity contribution in [3.63, 3.8) is 0 Å². The molecule has 0 saturated heterocycles. The molecule has 42 heavy (non-hydrogen) atoms. The molecule has 0 radical (unpaired) electrons. The van der Waals surface area contributed by atoms with Gasteiger partial charge in [-0.25, -0.2) is 0 Å². The van der Waals surface area contributed by atoms with Crippen LogP contribution in [0.2, 0.25) is 0 Å². The lowest BCUT2D eigenvalue weighted by atomic mass is 9.53. The molecule has 5 aromatic rings. The summed E-state index contributed by atoms with van der Waals surface area (Å²) in [7, 11) is 0. The van der Waals surface area contributed by atoms with E-state index in [1.54, 1.807) is 0 Å². The van der Waals surface area contributed by atoms with Gasteiger partial charge in [0.1, 0.15) is 0 Å². The second-order valence-electron chi connectivity index (χ2n) is 11.7. The van der Waals surface area contributed by atoms with Gasteiger partial charge in [0.15, 0.2) is 0 Å². The van der Waals surface area contributed by atoms with Crippen LogP contribution in [0.15, 0.2) is 121 Å². The fourth-order valence-electron chi connectivity index (χ4n) is 8.41. The van der Waals surface area contributed by atoms with Gasteiger partial charge in [0.25, 0.3) is 0 Å². The second-order valence-corrected chi connectivity index (χ2v) is 11.7. The average molecular weight is 547 g/mol. The molecule has 1 atom stereocenters. The van der Waals surface area contributed by atoms with Gasteiger partial charge in [0, 0.05) is 29.6 Å². The van der Waals surface area contributed by atoms with Crippen molar-refractivity contribution in [2.75, 3.05) is 0 Å². The third-order valence-corrected chi connectivity index (χ3v) is 9.94. The van der Waals surface area contributed by atoms with Crippen LogP contribution in [-0.4, -0.2) is 11.9 Å². The van der Waals surface area contributed by atoms with Crippen LogP contribution in [0, 0.1) is 5.92 Å². The van der Waals surface area contributed by atoms with Gasteiger partial charge < -0.3 is 19.8 Å². The number of aliphatic carboxylic acids is 2. The molecular weight excluding hydrogens is 520 g/mol. The van der Waals surface area contributed by atoms with Crippen molar-refractivity contribution in [2.24, 2.45) is 5.92 Å². The van der Waals surface area contributed by atoms with E-state index >= 15 is 0 Å². The highest BCUT2D eigenvalue weighted by Crippen LogP contribution is 2.59. The Morgan fingerprint density at radius 2 is 0.881 bits per heavy atom. The molecule has 4 heteroatoms. The van der Waals surface area contributed by atoms with Crippen LogP contribution < -0.4 is 10.2 Å². The molecule has 5 aromatic carbocycles. The summed E-state index contributed by atoms with van der Waals surface area (Å²) in [6.45, 7) is 0. The van der Waals surface area contributed by atoms with E-state index in [9.17, 15) is 19.8 Å². The van der Waals surface area contributed by atoms with Crippen molar-refractivity contribution in [3.8, 4) is 0 Å². The van der Waals surface area contributed by atoms with Crippen LogP contribution in [0.1, 0.15) is 79.8 Å². The van der Waals surface area contributed by atoms with Crippen molar-refractivity contribution in [1.82, 2.24) is 0 Å². The maximum Gasteiger partial charge on any atom is 0.0856 e. The third kappa shape index (κ3) is 3.12. The minimum Gasteiger partial charge on any atom is -0.550 e. The van der Waals surface area contributed by atoms with Crippen molar-refractivity contribution >= 4 is 11.9 Å². The van der Waals surface area contributed by atoms with Gasteiger partial charge in [-0.2, -0.15) is 0 Å². The zero-order valence-corrected chi connectivity index (χ0v) is 22.7. The molecule has 11 rings (SSSR count). The predicted molar refractivity (Wildman–Crippen MR) is 155 cm³/mol. The van der Waals surface area contributed by atoms with Crippen molar-refractivity contribution in [2.45, 2.75) is 29.6 Å². The van der Waals surface area contributed by atoms with E-state index in [1.807, 2.05) is 97.1 Å². The molecule has 0 saturated carbocycles. The monoisotopic (exact) mass is 546 g/mol. The zero-order valence-electron chi connectivity index (χ0n) is 22.7. The summed E-state index contributed by atoms with van der Waals surface area (Å²) in [5.74, 6) is -2.10. The van der Waals surface area contributed by atoms with Gasteiger partial charge in [-0.05, 0) is 62.1 Å². The minimum atomic E-state index is -1.21. The minimum absolute atomic E-state index is 0.0394. The standard InChI is InChI=1S/C21H14O2.C17H14O2/c22-20(23)21-16-10-4-1-7-13(16)19(14-8-2-5-11-17(14)21)15-9-3-6-12-18(15)21;18-17(19)15-9-14-10-5-1-3-7-12(10)16(15)13-8-4-2-6-11(13)14/h1-12,19H,(H,22,23);1-8,14-16H,9H2,(H,18,19)/p-2. The van der Waals surface area contributed by atoms with Crippen molar-refractivity contribution in [1.29, 1.82) is 0 Å². The first-order valence-electron chi connectivity index (χ1n) is 14.4. The zero-order chi connectivity index (χ0) is 28.6. The topological polar surface area (TPSA) is 80.3 Å². The molecule has 1 unspecified atom stereocenters. The largest absolute Gasteiger partial charge is 0.550 e. The molecule has 4 nitrogen and oxygen atoms in total. The Hall–Kier alpha value is -4.96. The lowest BCUT2D eigenvalue weighted by molar-refractivity contribution is -0.313. The van der Waals surface area contributed by atoms with Gasteiger partial charge in [-0.15, -0.1) is 0 Å². The Morgan fingerprint density at radius 3 is 1.26 bits per heavy atom. The Balaban J connectivity index is 0.000000129. The highest BCUT2D eigenvalue weighted by molar-refractivity contribution is 5.95. The smallest absolute Gasteiger partial charge is 0.0856 e. The molecular formula is C38H26O4-2. The fourth-order valence-corrected chi connectivity index (χ4v) is 8.41. The number of carbonyl (C=O) groups is 2. The van der Waals surface area contributed by atoms with Crippen LogP contribution in [0.25, 0.3) is 0 Å². The number of carboxylic acids is 2. The third-order valence-electron chi connectivity index (χ3n) is 9.94. The predicted octanol–water partition coefficient (Wildman–Crippen LogP) is 4.61. The number of hydrogen-bond acceptors (Lipinski definition) is 4. The second kappa shape index (κ2) is 9.02. The Kier molecular flexibility index (Phi) is 5.33. The SMILES string of the molecule is O=C([O-])C12c3ccccc3C(c3ccccc31)c1ccccc12.O=C([O-])C1CC2c3ccccc3C1c1ccccc12. The van der Waals surface area contributed by atoms with E-state index < -0.39 is 23.3 Å². The Bertz CT molecular complexity index is 1760. The van der Waals surface area contributed by atoms with Crippen molar-refractivity contribution in [3.05, 3.63) is 177 Å². The summed E-state index contributed by atoms with van der Waals surface area (Å²) in [6.07, 6.45) is 0.668. The van der Waals surface area contributed by atoms with Crippen LogP contribution in [0.5, 0.6) is 0 Å². The molecule has 0 spiro atoms. The van der Waals surface area contributed by atoms with E-state index in [-0.39, 0.29) is 17.8 Å². The van der Waals surface area contributed by atoms with Crippen LogP contribution in [0.3, 0.4) is 0 Å². The van der Waals surface area contributed by atoms with Gasteiger partial charge in [0.05, 0.1) is 11.4 Å². The van der Waals surface area contributed by atoms with Crippen LogP contribution >= 0.6 is 0 Å². The van der Waals surface area contributed by atoms with Crippen LogP contribution in [-0.2, 0) is 15.0 Å². The maximum atomic E-state index is 12.5. The first-order chi connectivity index (χ1) is 20.5. The molecule has 0 aromatic heterocycles. The summed E-state index contributed by atoms with van der Waals surface area (Å²) in [4.78, 5) is 24.0. The molecule has 0 N–H and O–H groups in total. The number of fused-ring (bicyclic) bond motifs is 1. The molecule has 204 valence electrons. The van der Waals surface area contributed by atoms with Crippen molar-refractivity contribution < 1.29 is 19.8 Å². The van der Waals surface area contributed by atoms with Crippen LogP contribution in [0.4, 0.5) is 0 Å². The average Bonchev–Trinajstić information content (AvgIpc) is 3.04. The summed E-state index contributed by atoms with van der Waals surface area (Å²) in [5, 5.41) is 24.0. The molecule has 0 amide bonds. The summed E-state index contributed by atoms with van der Waals surface area (Å²) in [6, 6.07) is 40.1. The number of carbonyl (C=O) groups excluding carboxylic acids is 2. The first-order valence-corrected chi connectivity index (χ1v) is 14.4. The molecule has 6 aliphatic carbocycles. The molecule has 6 aliphatic rings. The molecule has 0 fully saturated rings. The van der Waals surface area contributed by atoms with E-state index in [0.29, 0.717) is 6.42 Å². The normalized spacial score (nSPS) is 24.6. The molecule has 4 bridgehead atoms. The number of hydrogen-bond donors (Lipinski definition) is 0. The Labute approximate surface area is 243 Å². The number of rotatable bonds is 2. The fraction of sp³-hybridized carbons (Fsp3) is 0.158. The summed E-state index contributed by atoms with van der Waals surface area (Å²) >= 11 is 0. The number of carboxylic acid groups (broad SMARTS) is 2. The van der Waals surface area contributed by atoms with E-state index in [2.05, 4.69) is 24.3 Å². The van der Waals surface area contributed by atoms with Gasteiger partial charge in [-0.1, -0.05) is 121 Å². The van der Waals surface area contributed by atoms with E-state index in [0.717, 1.165) is 33.4 Å². The Morgan fingerprint density at radius 1 is 0.524 bits per heavy atom. The van der Waals surface area contributed by atoms with Gasteiger partial charge in [0.2, 0.25) is 0 Å². The van der Waals surface area contributed by atoms with E-state index in [1.165, 1.54) is 22.3 Å². The lowest BCUT2D eigenvalue weighted by Crippen LogP contribution is -2.53. The van der Waals surface area contributed by atoms with E-state index in [4.69, 9.17) is 0 Å².